The smallest absolute Gasteiger partial charge is 0.433 e. The van der Waals surface area contributed by atoms with Crippen molar-refractivity contribution < 1.29 is 27.4 Å². The quantitative estimate of drug-likeness (QED) is 0.576. The van der Waals surface area contributed by atoms with E-state index >= 15 is 0 Å². The molecule has 6 nitrogen and oxygen atoms in total. The van der Waals surface area contributed by atoms with Crippen LogP contribution in [-0.2, 0) is 22.7 Å². The zero-order valence-electron chi connectivity index (χ0n) is 13.4. The molecule has 0 saturated heterocycles. The highest BCUT2D eigenvalue weighted by Gasteiger charge is 2.35. The third kappa shape index (κ3) is 4.69. The fraction of sp³-hybridized carbons (Fsp3) is 0.500. The van der Waals surface area contributed by atoms with Crippen molar-refractivity contribution in [3.8, 4) is 15.6 Å². The molecule has 0 bridgehead atoms. The Hall–Kier alpha value is -1.62. The lowest BCUT2D eigenvalue weighted by Crippen LogP contribution is -2.32. The molecule has 0 atom stereocenters. The largest absolute Gasteiger partial charge is 0.469 e. The molecule has 0 aliphatic carbocycles. The van der Waals surface area contributed by atoms with Gasteiger partial charge in [0.1, 0.15) is 18.1 Å². The molecule has 0 aliphatic rings. The summed E-state index contributed by atoms with van der Waals surface area (Å²) < 4.78 is 54.8. The molecule has 0 fully saturated rings. The lowest BCUT2D eigenvalue weighted by Gasteiger charge is -2.13. The lowest BCUT2D eigenvalue weighted by molar-refractivity contribution is -0.143. The molecule has 2 rings (SSSR count). The van der Waals surface area contributed by atoms with Crippen LogP contribution in [0.25, 0.3) is 10.6 Å². The third-order valence-corrected chi connectivity index (χ3v) is 4.18. The predicted octanol–water partition coefficient (Wildman–Crippen LogP) is 2.71. The van der Waals surface area contributed by atoms with E-state index in [1.807, 2.05) is 0 Å². The number of rotatable bonds is 8. The molecule has 0 radical (unpaired) electrons. The Morgan fingerprint density at radius 2 is 2.00 bits per heavy atom. The number of thiophene rings is 1. The van der Waals surface area contributed by atoms with Gasteiger partial charge in [-0.2, -0.15) is 18.3 Å². The molecule has 134 valence electrons. The molecule has 0 saturated carbocycles. The Labute approximate surface area is 141 Å². The van der Waals surface area contributed by atoms with Crippen LogP contribution in [0, 0.1) is 0 Å². The Morgan fingerprint density at radius 1 is 1.29 bits per heavy atom. The van der Waals surface area contributed by atoms with Crippen LogP contribution in [0.3, 0.4) is 0 Å². The first kappa shape index (κ1) is 18.7. The van der Waals surface area contributed by atoms with Gasteiger partial charge in [-0.05, 0) is 18.2 Å². The van der Waals surface area contributed by atoms with E-state index in [-0.39, 0.29) is 18.7 Å². The Balaban J connectivity index is 1.94. The van der Waals surface area contributed by atoms with E-state index in [2.05, 4.69) is 10.4 Å². The van der Waals surface area contributed by atoms with Crippen molar-refractivity contribution in [1.82, 2.24) is 15.1 Å². The average Bonchev–Trinajstić information content (AvgIpc) is 3.13. The maximum absolute atomic E-state index is 12.8. The molecule has 24 heavy (non-hydrogen) atoms. The number of ether oxygens (including phenoxy) is 3. The molecule has 0 unspecified atom stereocenters. The summed E-state index contributed by atoms with van der Waals surface area (Å²) in [5.41, 5.74) is -0.531. The minimum Gasteiger partial charge on any atom is -0.469 e. The number of nitrogens with one attached hydrogen (secondary N) is 1. The van der Waals surface area contributed by atoms with Crippen molar-refractivity contribution in [2.24, 2.45) is 7.05 Å². The summed E-state index contributed by atoms with van der Waals surface area (Å²) >= 11 is 1.22. The number of halogens is 3. The number of aryl methyl sites for hydroxylation is 1. The van der Waals surface area contributed by atoms with E-state index in [9.17, 15) is 13.2 Å². The second kappa shape index (κ2) is 7.97. The zero-order chi connectivity index (χ0) is 17.7. The monoisotopic (exact) mass is 365 g/mol. The predicted molar refractivity (Wildman–Crippen MR) is 82.8 cm³/mol. The Kier molecular flexibility index (Phi) is 6.21. The second-order valence-electron chi connectivity index (χ2n) is 4.80. The summed E-state index contributed by atoms with van der Waals surface area (Å²) in [6, 6.07) is 4.39. The van der Waals surface area contributed by atoms with Gasteiger partial charge in [-0.3, -0.25) is 10.00 Å². The van der Waals surface area contributed by atoms with E-state index in [1.165, 1.54) is 32.6 Å². The number of hydrogen-bond donors (Lipinski definition) is 1. The highest BCUT2D eigenvalue weighted by molar-refractivity contribution is 7.17. The number of nitrogens with zero attached hydrogens (tertiary/aromatic N) is 2. The summed E-state index contributed by atoms with van der Waals surface area (Å²) in [5, 5.41) is 7.46. The van der Waals surface area contributed by atoms with Crippen molar-refractivity contribution in [3.63, 3.8) is 0 Å². The van der Waals surface area contributed by atoms with Crippen molar-refractivity contribution >= 4 is 11.3 Å². The normalized spacial score (nSPS) is 12.1. The molecular weight excluding hydrogens is 347 g/mol. The molecule has 0 aliphatic heterocycles. The highest BCUT2D eigenvalue weighted by Crippen LogP contribution is 2.36. The number of hydrogen-bond acceptors (Lipinski definition) is 6. The van der Waals surface area contributed by atoms with Crippen molar-refractivity contribution in [2.45, 2.75) is 12.5 Å². The van der Waals surface area contributed by atoms with E-state index in [4.69, 9.17) is 14.2 Å². The molecule has 2 aromatic heterocycles. The van der Waals surface area contributed by atoms with Crippen molar-refractivity contribution in [1.29, 1.82) is 0 Å². The van der Waals surface area contributed by atoms with Crippen LogP contribution in [0.5, 0.6) is 5.06 Å². The van der Waals surface area contributed by atoms with Crippen LogP contribution in [-0.4, -0.2) is 43.6 Å². The number of aromatic nitrogens is 2. The Morgan fingerprint density at radius 3 is 2.58 bits per heavy atom. The lowest BCUT2D eigenvalue weighted by atomic mass is 10.3. The molecule has 0 amide bonds. The van der Waals surface area contributed by atoms with Gasteiger partial charge in [0.15, 0.2) is 11.4 Å². The SMILES string of the molecule is COC(CNCOc1ccc(-c2cc(C(F)(F)F)n(C)n2)s1)OC. The van der Waals surface area contributed by atoms with Crippen LogP contribution in [0.2, 0.25) is 0 Å². The van der Waals surface area contributed by atoms with Gasteiger partial charge in [0.05, 0.1) is 4.88 Å². The van der Waals surface area contributed by atoms with Crippen LogP contribution in [0.1, 0.15) is 5.69 Å². The summed E-state index contributed by atoms with van der Waals surface area (Å²) in [7, 11) is 4.33. The fourth-order valence-electron chi connectivity index (χ4n) is 1.95. The topological polar surface area (TPSA) is 57.5 Å². The van der Waals surface area contributed by atoms with Gasteiger partial charge in [-0.25, -0.2) is 0 Å². The van der Waals surface area contributed by atoms with Crippen LogP contribution < -0.4 is 10.1 Å². The standard InChI is InChI=1S/C14H18F3N3O3S/c1-20-11(14(15,16)17)6-9(19-20)10-4-5-13(24-10)23-8-18-7-12(21-2)22-3/h4-6,12,18H,7-8H2,1-3H3. The summed E-state index contributed by atoms with van der Waals surface area (Å²) in [6.45, 7) is 0.666. The van der Waals surface area contributed by atoms with E-state index < -0.39 is 11.9 Å². The first-order valence-corrected chi connectivity index (χ1v) is 7.77. The van der Waals surface area contributed by atoms with Crippen LogP contribution in [0.4, 0.5) is 13.2 Å². The van der Waals surface area contributed by atoms with Crippen molar-refractivity contribution in [3.05, 3.63) is 23.9 Å². The Bertz CT molecular complexity index is 653. The third-order valence-electron chi connectivity index (χ3n) is 3.16. The molecule has 0 aromatic carbocycles. The maximum atomic E-state index is 12.8. The fourth-order valence-corrected chi connectivity index (χ4v) is 2.76. The minimum atomic E-state index is -4.43. The number of methoxy groups -OCH3 is 2. The maximum Gasteiger partial charge on any atom is 0.433 e. The van der Waals surface area contributed by atoms with Crippen LogP contribution in [0.15, 0.2) is 18.2 Å². The average molecular weight is 365 g/mol. The summed E-state index contributed by atoms with van der Waals surface area (Å²) in [4.78, 5) is 0.600. The van der Waals surface area contributed by atoms with E-state index in [1.54, 1.807) is 12.1 Å². The van der Waals surface area contributed by atoms with Gasteiger partial charge in [0.2, 0.25) is 0 Å². The van der Waals surface area contributed by atoms with Gasteiger partial charge in [0, 0.05) is 27.8 Å². The zero-order valence-corrected chi connectivity index (χ0v) is 14.2. The first-order valence-electron chi connectivity index (χ1n) is 6.95. The van der Waals surface area contributed by atoms with Gasteiger partial charge < -0.3 is 14.2 Å². The molecule has 1 N–H and O–H groups in total. The van der Waals surface area contributed by atoms with E-state index in [0.717, 1.165) is 10.7 Å². The van der Waals surface area contributed by atoms with Crippen LogP contribution >= 0.6 is 11.3 Å². The molecule has 2 heterocycles. The molecular formula is C14H18F3N3O3S. The molecule has 0 spiro atoms. The summed E-state index contributed by atoms with van der Waals surface area (Å²) in [6.07, 6.45) is -4.80. The van der Waals surface area contributed by atoms with Gasteiger partial charge in [-0.15, -0.1) is 0 Å². The van der Waals surface area contributed by atoms with E-state index in [0.29, 0.717) is 16.5 Å². The summed E-state index contributed by atoms with van der Waals surface area (Å²) in [5.74, 6) is 0. The second-order valence-corrected chi connectivity index (χ2v) is 5.84. The first-order chi connectivity index (χ1) is 11.3. The molecule has 10 heteroatoms. The minimum absolute atomic E-state index is 0.221. The van der Waals surface area contributed by atoms with Gasteiger partial charge >= 0.3 is 6.18 Å². The van der Waals surface area contributed by atoms with Crippen molar-refractivity contribution in [2.75, 3.05) is 27.5 Å². The molecule has 2 aromatic rings. The number of alkyl halides is 3. The van der Waals surface area contributed by atoms with Gasteiger partial charge in [-0.1, -0.05) is 11.3 Å². The highest BCUT2D eigenvalue weighted by atomic mass is 32.1. The van der Waals surface area contributed by atoms with Gasteiger partial charge in [0.25, 0.3) is 0 Å².